The lowest BCUT2D eigenvalue weighted by Gasteiger charge is -2.06. The smallest absolute Gasteiger partial charge is 0.336 e. The number of hydrogen-bond acceptors (Lipinski definition) is 3. The van der Waals surface area contributed by atoms with Gasteiger partial charge in [-0.3, -0.25) is 4.79 Å². The Balaban J connectivity index is 1.89. The highest BCUT2D eigenvalue weighted by molar-refractivity contribution is 6.05. The summed E-state index contributed by atoms with van der Waals surface area (Å²) in [5.74, 6) is -0.171. The Morgan fingerprint density at radius 3 is 2.71 bits per heavy atom. The fraction of sp³-hybridized carbons (Fsp3) is 0.0588. The molecule has 0 bridgehead atoms. The third-order valence-corrected chi connectivity index (χ3v) is 3.16. The minimum absolute atomic E-state index is 0.171. The summed E-state index contributed by atoms with van der Waals surface area (Å²) >= 11 is 0. The molecular formula is C17H13NO3. The summed E-state index contributed by atoms with van der Waals surface area (Å²) in [6.45, 7) is 1.94. The average molecular weight is 279 g/mol. The molecule has 4 nitrogen and oxygen atoms in total. The van der Waals surface area contributed by atoms with E-state index in [0.29, 0.717) is 16.8 Å². The van der Waals surface area contributed by atoms with Crippen molar-refractivity contribution < 1.29 is 9.21 Å². The van der Waals surface area contributed by atoms with Crippen molar-refractivity contribution >= 4 is 22.6 Å². The first-order chi connectivity index (χ1) is 10.1. The molecule has 3 aromatic rings. The third kappa shape index (κ3) is 2.84. The van der Waals surface area contributed by atoms with E-state index in [2.05, 4.69) is 5.32 Å². The molecule has 21 heavy (non-hydrogen) atoms. The van der Waals surface area contributed by atoms with Crippen LogP contribution in [0.1, 0.15) is 15.9 Å². The maximum Gasteiger partial charge on any atom is 0.336 e. The second-order valence-electron chi connectivity index (χ2n) is 4.83. The Morgan fingerprint density at radius 1 is 1.05 bits per heavy atom. The summed E-state index contributed by atoms with van der Waals surface area (Å²) in [6.07, 6.45) is 0. The summed E-state index contributed by atoms with van der Waals surface area (Å²) < 4.78 is 5.05. The first kappa shape index (κ1) is 13.1. The number of benzene rings is 2. The quantitative estimate of drug-likeness (QED) is 0.732. The molecule has 4 heteroatoms. The van der Waals surface area contributed by atoms with Gasteiger partial charge in [-0.2, -0.15) is 0 Å². The van der Waals surface area contributed by atoms with E-state index in [1.54, 1.807) is 30.3 Å². The second-order valence-corrected chi connectivity index (χ2v) is 4.83. The van der Waals surface area contributed by atoms with Crippen molar-refractivity contribution in [3.63, 3.8) is 0 Å². The summed E-state index contributed by atoms with van der Waals surface area (Å²) in [7, 11) is 0. The minimum atomic E-state index is -0.390. The molecule has 0 aliphatic rings. The van der Waals surface area contributed by atoms with Gasteiger partial charge < -0.3 is 9.73 Å². The normalized spacial score (nSPS) is 10.5. The zero-order valence-electron chi connectivity index (χ0n) is 11.4. The van der Waals surface area contributed by atoms with Crippen LogP contribution in [0.3, 0.4) is 0 Å². The standard InChI is InChI=1S/C17H13NO3/c1-11-3-2-4-13(9-11)17(20)18-14-6-7-15-12(10-14)5-8-16(19)21-15/h2-10H,1H3,(H,18,20). The first-order valence-corrected chi connectivity index (χ1v) is 6.54. The lowest BCUT2D eigenvalue weighted by atomic mass is 10.1. The van der Waals surface area contributed by atoms with Crippen LogP contribution in [0.4, 0.5) is 5.69 Å². The summed E-state index contributed by atoms with van der Waals surface area (Å²) in [6, 6.07) is 15.6. The van der Waals surface area contributed by atoms with Gasteiger partial charge in [0, 0.05) is 22.7 Å². The van der Waals surface area contributed by atoms with E-state index in [1.807, 2.05) is 25.1 Å². The molecule has 104 valence electrons. The largest absolute Gasteiger partial charge is 0.423 e. The molecule has 0 aliphatic heterocycles. The molecule has 0 unspecified atom stereocenters. The van der Waals surface area contributed by atoms with Gasteiger partial charge in [0.05, 0.1) is 0 Å². The molecular weight excluding hydrogens is 266 g/mol. The molecule has 3 rings (SSSR count). The van der Waals surface area contributed by atoms with E-state index in [4.69, 9.17) is 4.42 Å². The van der Waals surface area contributed by atoms with Crippen LogP contribution in [0.15, 0.2) is 63.8 Å². The van der Waals surface area contributed by atoms with Crippen LogP contribution in [-0.2, 0) is 0 Å². The van der Waals surface area contributed by atoms with Crippen molar-refractivity contribution in [2.24, 2.45) is 0 Å². The number of rotatable bonds is 2. The van der Waals surface area contributed by atoms with Gasteiger partial charge in [-0.05, 0) is 43.3 Å². The number of nitrogens with one attached hydrogen (secondary N) is 1. The lowest BCUT2D eigenvalue weighted by Crippen LogP contribution is -2.11. The van der Waals surface area contributed by atoms with Crippen LogP contribution < -0.4 is 10.9 Å². The van der Waals surface area contributed by atoms with Crippen molar-refractivity contribution in [2.45, 2.75) is 6.92 Å². The first-order valence-electron chi connectivity index (χ1n) is 6.54. The van der Waals surface area contributed by atoms with Gasteiger partial charge in [0.1, 0.15) is 5.58 Å². The van der Waals surface area contributed by atoms with Gasteiger partial charge in [-0.15, -0.1) is 0 Å². The van der Waals surface area contributed by atoms with Gasteiger partial charge in [-0.25, -0.2) is 4.79 Å². The number of aryl methyl sites for hydroxylation is 1. The van der Waals surface area contributed by atoms with Gasteiger partial charge in [0.15, 0.2) is 0 Å². The Kier molecular flexibility index (Phi) is 3.28. The molecule has 0 saturated carbocycles. The number of fused-ring (bicyclic) bond motifs is 1. The predicted octanol–water partition coefficient (Wildman–Crippen LogP) is 3.35. The van der Waals surface area contributed by atoms with Gasteiger partial charge in [0.25, 0.3) is 5.91 Å². The molecule has 0 fully saturated rings. The highest BCUT2D eigenvalue weighted by atomic mass is 16.4. The van der Waals surface area contributed by atoms with Crippen molar-refractivity contribution in [2.75, 3.05) is 5.32 Å². The van der Waals surface area contributed by atoms with Gasteiger partial charge in [-0.1, -0.05) is 17.7 Å². The number of anilines is 1. The van der Waals surface area contributed by atoms with Crippen LogP contribution in [-0.4, -0.2) is 5.91 Å². The molecule has 0 aliphatic carbocycles. The molecule has 0 atom stereocenters. The summed E-state index contributed by atoms with van der Waals surface area (Å²) in [5, 5.41) is 3.59. The maximum absolute atomic E-state index is 12.2. The molecule has 1 heterocycles. The third-order valence-electron chi connectivity index (χ3n) is 3.16. The van der Waals surface area contributed by atoms with Crippen LogP contribution >= 0.6 is 0 Å². The highest BCUT2D eigenvalue weighted by Gasteiger charge is 2.07. The molecule has 0 spiro atoms. The SMILES string of the molecule is Cc1cccc(C(=O)Nc2ccc3oc(=O)ccc3c2)c1. The fourth-order valence-electron chi connectivity index (χ4n) is 2.14. The predicted molar refractivity (Wildman–Crippen MR) is 81.6 cm³/mol. The average Bonchev–Trinajstić information content (AvgIpc) is 2.47. The van der Waals surface area contributed by atoms with Crippen molar-refractivity contribution in [1.82, 2.24) is 0 Å². The molecule has 2 aromatic carbocycles. The Morgan fingerprint density at radius 2 is 1.90 bits per heavy atom. The van der Waals surface area contributed by atoms with E-state index in [9.17, 15) is 9.59 Å². The fourth-order valence-corrected chi connectivity index (χ4v) is 2.14. The monoisotopic (exact) mass is 279 g/mol. The number of hydrogen-bond donors (Lipinski definition) is 1. The second kappa shape index (κ2) is 5.25. The molecule has 0 saturated heterocycles. The highest BCUT2D eigenvalue weighted by Crippen LogP contribution is 2.18. The van der Waals surface area contributed by atoms with Gasteiger partial charge >= 0.3 is 5.63 Å². The zero-order chi connectivity index (χ0) is 14.8. The molecule has 1 amide bonds. The van der Waals surface area contributed by atoms with Crippen LogP contribution in [0.25, 0.3) is 11.0 Å². The Hall–Kier alpha value is -2.88. The Bertz CT molecular complexity index is 880. The van der Waals surface area contributed by atoms with E-state index in [0.717, 1.165) is 10.9 Å². The molecule has 0 radical (unpaired) electrons. The van der Waals surface area contributed by atoms with E-state index in [-0.39, 0.29) is 11.5 Å². The summed E-state index contributed by atoms with van der Waals surface area (Å²) in [5.41, 5.74) is 2.40. The molecule has 1 aromatic heterocycles. The van der Waals surface area contributed by atoms with Crippen LogP contribution in [0, 0.1) is 6.92 Å². The summed E-state index contributed by atoms with van der Waals surface area (Å²) in [4.78, 5) is 23.3. The van der Waals surface area contributed by atoms with Crippen LogP contribution in [0.5, 0.6) is 0 Å². The number of carbonyl (C=O) groups is 1. The van der Waals surface area contributed by atoms with Crippen molar-refractivity contribution in [1.29, 1.82) is 0 Å². The number of carbonyl (C=O) groups excluding carboxylic acids is 1. The maximum atomic E-state index is 12.2. The van der Waals surface area contributed by atoms with Crippen LogP contribution in [0.2, 0.25) is 0 Å². The molecule has 1 N–H and O–H groups in total. The topological polar surface area (TPSA) is 59.3 Å². The number of amides is 1. The van der Waals surface area contributed by atoms with E-state index in [1.165, 1.54) is 6.07 Å². The van der Waals surface area contributed by atoms with Gasteiger partial charge in [0.2, 0.25) is 0 Å². The van der Waals surface area contributed by atoms with Crippen molar-refractivity contribution in [3.05, 3.63) is 76.1 Å². The zero-order valence-corrected chi connectivity index (χ0v) is 11.4. The minimum Gasteiger partial charge on any atom is -0.423 e. The van der Waals surface area contributed by atoms with Crippen molar-refractivity contribution in [3.8, 4) is 0 Å². The van der Waals surface area contributed by atoms with E-state index >= 15 is 0 Å². The Labute approximate surface area is 121 Å². The lowest BCUT2D eigenvalue weighted by molar-refractivity contribution is 0.102. The van der Waals surface area contributed by atoms with E-state index < -0.39 is 0 Å².